The van der Waals surface area contributed by atoms with Crippen LogP contribution in [0.2, 0.25) is 0 Å². The molecule has 0 aliphatic heterocycles. The summed E-state index contributed by atoms with van der Waals surface area (Å²) in [5.74, 6) is -0.861. The van der Waals surface area contributed by atoms with Crippen LogP contribution in [-0.4, -0.2) is 20.9 Å². The summed E-state index contributed by atoms with van der Waals surface area (Å²) in [6.07, 6.45) is 0.408. The van der Waals surface area contributed by atoms with E-state index in [9.17, 15) is 9.59 Å². The van der Waals surface area contributed by atoms with Gasteiger partial charge in [0.25, 0.3) is 5.56 Å². The van der Waals surface area contributed by atoms with Gasteiger partial charge in [-0.15, -0.1) is 0 Å². The zero-order chi connectivity index (χ0) is 9.14. The van der Waals surface area contributed by atoms with Gasteiger partial charge in [-0.3, -0.25) is 19.4 Å². The van der Waals surface area contributed by atoms with E-state index in [1.165, 1.54) is 10.7 Å². The molecule has 1 heterocycles. The standard InChI is InChI=1S/C7H10N2O3/c1-9-6(10)4-5(8-9)2-3-7(11)12/h4,8H,2-3H2,1H3,(H,11,12). The average Bonchev–Trinajstić information content (AvgIpc) is 2.28. The number of hydrogen-bond acceptors (Lipinski definition) is 2. The Bertz CT molecular complexity index is 337. The van der Waals surface area contributed by atoms with Gasteiger partial charge in [-0.2, -0.15) is 0 Å². The normalized spacial score (nSPS) is 10.1. The molecular formula is C7H10N2O3. The molecule has 0 amide bonds. The van der Waals surface area contributed by atoms with Crippen molar-refractivity contribution < 1.29 is 9.90 Å². The summed E-state index contributed by atoms with van der Waals surface area (Å²) in [5, 5.41) is 11.1. The molecule has 0 bridgehead atoms. The number of hydrogen-bond donors (Lipinski definition) is 2. The van der Waals surface area contributed by atoms with Crippen LogP contribution >= 0.6 is 0 Å². The average molecular weight is 170 g/mol. The molecule has 0 spiro atoms. The number of carboxylic acid groups (broad SMARTS) is 1. The van der Waals surface area contributed by atoms with Gasteiger partial charge in [0.2, 0.25) is 0 Å². The number of carboxylic acids is 1. The molecule has 1 aromatic heterocycles. The number of nitrogens with zero attached hydrogens (tertiary/aromatic N) is 1. The van der Waals surface area contributed by atoms with Crippen LogP contribution in [0.5, 0.6) is 0 Å². The van der Waals surface area contributed by atoms with E-state index in [0.29, 0.717) is 12.1 Å². The van der Waals surface area contributed by atoms with Crippen molar-refractivity contribution >= 4 is 5.97 Å². The van der Waals surface area contributed by atoms with Crippen molar-refractivity contribution in [1.82, 2.24) is 9.78 Å². The molecule has 5 nitrogen and oxygen atoms in total. The van der Waals surface area contributed by atoms with Crippen LogP contribution in [0.15, 0.2) is 10.9 Å². The highest BCUT2D eigenvalue weighted by Gasteiger charge is 2.02. The highest BCUT2D eigenvalue weighted by molar-refractivity contribution is 5.66. The van der Waals surface area contributed by atoms with Gasteiger partial charge >= 0.3 is 5.97 Å². The smallest absolute Gasteiger partial charge is 0.303 e. The predicted molar refractivity (Wildman–Crippen MR) is 42.0 cm³/mol. The first-order chi connectivity index (χ1) is 5.59. The zero-order valence-corrected chi connectivity index (χ0v) is 6.70. The Morgan fingerprint density at radius 2 is 2.42 bits per heavy atom. The van der Waals surface area contributed by atoms with Crippen molar-refractivity contribution in [2.45, 2.75) is 12.8 Å². The van der Waals surface area contributed by atoms with E-state index in [0.717, 1.165) is 0 Å². The molecule has 0 saturated carbocycles. The molecule has 0 radical (unpaired) electrons. The molecule has 0 saturated heterocycles. The molecule has 5 heteroatoms. The Morgan fingerprint density at radius 3 is 2.83 bits per heavy atom. The minimum atomic E-state index is -0.861. The van der Waals surface area contributed by atoms with E-state index in [-0.39, 0.29) is 12.0 Å². The number of aliphatic carboxylic acids is 1. The Morgan fingerprint density at radius 1 is 1.75 bits per heavy atom. The van der Waals surface area contributed by atoms with E-state index in [2.05, 4.69) is 5.10 Å². The second-order valence-corrected chi connectivity index (χ2v) is 2.57. The number of aromatic nitrogens is 2. The van der Waals surface area contributed by atoms with Crippen LogP contribution in [0.3, 0.4) is 0 Å². The third-order valence-corrected chi connectivity index (χ3v) is 1.55. The first-order valence-electron chi connectivity index (χ1n) is 3.56. The molecule has 1 aromatic rings. The van der Waals surface area contributed by atoms with Gasteiger partial charge in [0, 0.05) is 18.8 Å². The topological polar surface area (TPSA) is 75.1 Å². The molecular weight excluding hydrogens is 160 g/mol. The van der Waals surface area contributed by atoms with Crippen molar-refractivity contribution in [3.8, 4) is 0 Å². The third-order valence-electron chi connectivity index (χ3n) is 1.55. The first kappa shape index (κ1) is 8.58. The van der Waals surface area contributed by atoms with Gasteiger partial charge in [0.1, 0.15) is 0 Å². The molecule has 0 aliphatic carbocycles. The Balaban J connectivity index is 2.65. The SMILES string of the molecule is Cn1[nH]c(CCC(=O)O)cc1=O. The third kappa shape index (κ3) is 1.98. The van der Waals surface area contributed by atoms with Crippen LogP contribution in [0, 0.1) is 0 Å². The number of aryl methyl sites for hydroxylation is 2. The fraction of sp³-hybridized carbons (Fsp3) is 0.429. The van der Waals surface area contributed by atoms with Crippen molar-refractivity contribution in [3.05, 3.63) is 22.1 Å². The number of H-pyrrole nitrogens is 1. The number of aromatic amines is 1. The lowest BCUT2D eigenvalue weighted by Gasteiger charge is -1.92. The molecule has 66 valence electrons. The van der Waals surface area contributed by atoms with Crippen LogP contribution < -0.4 is 5.56 Å². The molecule has 1 rings (SSSR count). The molecule has 0 aliphatic rings. The molecule has 0 aromatic carbocycles. The number of nitrogens with one attached hydrogen (secondary N) is 1. The summed E-state index contributed by atoms with van der Waals surface area (Å²) in [5.41, 5.74) is 0.514. The summed E-state index contributed by atoms with van der Waals surface area (Å²) in [4.78, 5) is 21.0. The fourth-order valence-corrected chi connectivity index (χ4v) is 0.918. The van der Waals surface area contributed by atoms with Gasteiger partial charge in [-0.05, 0) is 6.42 Å². The fourth-order valence-electron chi connectivity index (χ4n) is 0.918. The van der Waals surface area contributed by atoms with Crippen LogP contribution in [0.4, 0.5) is 0 Å². The predicted octanol–water partition coefficient (Wildman–Crippen LogP) is -0.269. The summed E-state index contributed by atoms with van der Waals surface area (Å²) in [6, 6.07) is 1.41. The lowest BCUT2D eigenvalue weighted by molar-refractivity contribution is -0.136. The molecule has 2 N–H and O–H groups in total. The molecule has 0 fully saturated rings. The van der Waals surface area contributed by atoms with Crippen LogP contribution in [0.1, 0.15) is 12.1 Å². The van der Waals surface area contributed by atoms with E-state index in [4.69, 9.17) is 5.11 Å². The Labute approximate surface area is 68.6 Å². The van der Waals surface area contributed by atoms with E-state index in [1.54, 1.807) is 7.05 Å². The number of rotatable bonds is 3. The van der Waals surface area contributed by atoms with Crippen molar-refractivity contribution in [3.63, 3.8) is 0 Å². The summed E-state index contributed by atoms with van der Waals surface area (Å²) in [7, 11) is 1.59. The summed E-state index contributed by atoms with van der Waals surface area (Å²) >= 11 is 0. The number of carbonyl (C=O) groups is 1. The summed E-state index contributed by atoms with van der Waals surface area (Å²) < 4.78 is 1.32. The second-order valence-electron chi connectivity index (χ2n) is 2.57. The Hall–Kier alpha value is -1.52. The lowest BCUT2D eigenvalue weighted by Crippen LogP contribution is -2.09. The zero-order valence-electron chi connectivity index (χ0n) is 6.70. The maximum absolute atomic E-state index is 10.9. The van der Waals surface area contributed by atoms with Gasteiger partial charge in [0.05, 0.1) is 6.42 Å². The maximum atomic E-state index is 10.9. The van der Waals surface area contributed by atoms with Gasteiger partial charge in [-0.25, -0.2) is 0 Å². The summed E-state index contributed by atoms with van der Waals surface area (Å²) in [6.45, 7) is 0. The van der Waals surface area contributed by atoms with Gasteiger partial charge < -0.3 is 5.11 Å². The molecule has 0 atom stereocenters. The monoisotopic (exact) mass is 170 g/mol. The Kier molecular flexibility index (Phi) is 2.32. The largest absolute Gasteiger partial charge is 0.481 e. The van der Waals surface area contributed by atoms with Crippen molar-refractivity contribution in [1.29, 1.82) is 0 Å². The van der Waals surface area contributed by atoms with E-state index >= 15 is 0 Å². The quantitative estimate of drug-likeness (QED) is 0.655. The minimum absolute atomic E-state index is 0.0416. The maximum Gasteiger partial charge on any atom is 0.303 e. The highest BCUT2D eigenvalue weighted by atomic mass is 16.4. The molecule has 0 unspecified atom stereocenters. The van der Waals surface area contributed by atoms with E-state index < -0.39 is 5.97 Å². The second kappa shape index (κ2) is 3.25. The molecule has 12 heavy (non-hydrogen) atoms. The highest BCUT2D eigenvalue weighted by Crippen LogP contribution is 1.94. The van der Waals surface area contributed by atoms with Crippen molar-refractivity contribution in [2.75, 3.05) is 0 Å². The van der Waals surface area contributed by atoms with Gasteiger partial charge in [0.15, 0.2) is 0 Å². The van der Waals surface area contributed by atoms with Crippen LogP contribution in [-0.2, 0) is 18.3 Å². The van der Waals surface area contributed by atoms with Gasteiger partial charge in [-0.1, -0.05) is 0 Å². The van der Waals surface area contributed by atoms with E-state index in [1.807, 2.05) is 0 Å². The van der Waals surface area contributed by atoms with Crippen LogP contribution in [0.25, 0.3) is 0 Å². The lowest BCUT2D eigenvalue weighted by atomic mass is 10.2. The first-order valence-corrected chi connectivity index (χ1v) is 3.56. The minimum Gasteiger partial charge on any atom is -0.481 e. The van der Waals surface area contributed by atoms with Crippen molar-refractivity contribution in [2.24, 2.45) is 7.05 Å².